The molecule has 0 saturated heterocycles. The van der Waals surface area contributed by atoms with Gasteiger partial charge in [0, 0.05) is 6.42 Å². The highest BCUT2D eigenvalue weighted by molar-refractivity contribution is 6.33. The van der Waals surface area contributed by atoms with E-state index in [1.807, 2.05) is 0 Å². The van der Waals surface area contributed by atoms with Crippen LogP contribution in [-0.2, 0) is 19.1 Å². The molecule has 0 aliphatic carbocycles. The van der Waals surface area contributed by atoms with Crippen molar-refractivity contribution in [2.75, 3.05) is 13.2 Å². The minimum absolute atomic E-state index is 0.205. The summed E-state index contributed by atoms with van der Waals surface area (Å²) in [5.41, 5.74) is 0. The van der Waals surface area contributed by atoms with Crippen LogP contribution in [0.4, 0.5) is 0 Å². The lowest BCUT2D eigenvalue weighted by Gasteiger charge is -2.28. The lowest BCUT2D eigenvalue weighted by molar-refractivity contribution is -0.176. The van der Waals surface area contributed by atoms with Crippen molar-refractivity contribution in [1.82, 2.24) is 0 Å². The summed E-state index contributed by atoms with van der Waals surface area (Å²) in [5.74, 6) is -3.33. The Balaban J connectivity index is 4.93. The molecule has 14 heteroatoms. The van der Waals surface area contributed by atoms with E-state index in [-0.39, 0.29) is 6.29 Å². The number of ketones is 1. The Kier molecular flexibility index (Phi) is 12.2. The molecule has 0 aromatic rings. The number of carbonyl (C=O) groups is 3. The second kappa shape index (κ2) is 12.9. The van der Waals surface area contributed by atoms with Crippen LogP contribution in [0.25, 0.3) is 0 Å². The van der Waals surface area contributed by atoms with Crippen LogP contribution in [-0.4, -0.2) is 137 Å². The molecular formula is C15H26O14. The average Bonchev–Trinajstić information content (AvgIpc) is 2.72. The molecule has 0 amide bonds. The van der Waals surface area contributed by atoms with Gasteiger partial charge >= 0.3 is 5.97 Å². The molecular weight excluding hydrogens is 404 g/mol. The van der Waals surface area contributed by atoms with Gasteiger partial charge in [0.1, 0.15) is 42.7 Å². The summed E-state index contributed by atoms with van der Waals surface area (Å²) in [4.78, 5) is 34.4. The predicted octanol–water partition coefficient (Wildman–Crippen LogP) is -7.07. The molecule has 0 spiro atoms. The van der Waals surface area contributed by atoms with E-state index in [1.165, 1.54) is 0 Å². The van der Waals surface area contributed by atoms with E-state index in [4.69, 9.17) is 15.3 Å². The zero-order chi connectivity index (χ0) is 22.9. The van der Waals surface area contributed by atoms with Crippen LogP contribution in [0, 0.1) is 0 Å². The maximum atomic E-state index is 11.7. The largest absolute Gasteiger partial charge is 0.446 e. The molecule has 0 saturated carbocycles. The van der Waals surface area contributed by atoms with Gasteiger partial charge in [0.05, 0.1) is 19.3 Å². The van der Waals surface area contributed by atoms with Crippen LogP contribution in [0.1, 0.15) is 6.42 Å². The fourth-order valence-electron chi connectivity index (χ4n) is 2.06. The predicted molar refractivity (Wildman–Crippen MR) is 87.8 cm³/mol. The highest BCUT2D eigenvalue weighted by Crippen LogP contribution is 2.12. The van der Waals surface area contributed by atoms with Crippen molar-refractivity contribution in [1.29, 1.82) is 0 Å². The first-order chi connectivity index (χ1) is 13.4. The Morgan fingerprint density at radius 1 is 0.690 bits per heavy atom. The molecule has 5 unspecified atom stereocenters. The van der Waals surface area contributed by atoms with E-state index in [0.717, 1.165) is 0 Å². The number of esters is 1. The first-order valence-electron chi connectivity index (χ1n) is 8.28. The third kappa shape index (κ3) is 7.98. The molecule has 0 aliphatic rings. The minimum atomic E-state index is -2.31. The van der Waals surface area contributed by atoms with Crippen molar-refractivity contribution >= 4 is 18.0 Å². The lowest BCUT2D eigenvalue weighted by atomic mass is 9.99. The van der Waals surface area contributed by atoms with Crippen LogP contribution < -0.4 is 0 Å². The second-order valence-corrected chi connectivity index (χ2v) is 6.15. The van der Waals surface area contributed by atoms with Gasteiger partial charge in [-0.1, -0.05) is 0 Å². The van der Waals surface area contributed by atoms with E-state index in [2.05, 4.69) is 4.74 Å². The number of hydrogen-bond donors (Lipinski definition) is 10. The number of aliphatic hydroxyl groups is 10. The van der Waals surface area contributed by atoms with Crippen molar-refractivity contribution in [2.24, 2.45) is 0 Å². The first kappa shape index (κ1) is 27.4. The molecule has 0 aromatic heterocycles. The number of carbonyl (C=O) groups excluding carboxylic acids is 3. The molecule has 9 atom stereocenters. The Labute approximate surface area is 163 Å². The normalized spacial score (nSPS) is 21.0. The quantitative estimate of drug-likeness (QED) is 0.0697. The van der Waals surface area contributed by atoms with Crippen molar-refractivity contribution in [3.63, 3.8) is 0 Å². The highest BCUT2D eigenvalue weighted by Gasteiger charge is 2.38. The molecule has 0 fully saturated rings. The van der Waals surface area contributed by atoms with Crippen LogP contribution in [0.3, 0.4) is 0 Å². The molecule has 0 heterocycles. The zero-order valence-electron chi connectivity index (χ0n) is 15.0. The molecule has 0 radical (unpaired) electrons. The Morgan fingerprint density at radius 3 is 1.52 bits per heavy atom. The lowest BCUT2D eigenvalue weighted by Crippen LogP contribution is -2.52. The van der Waals surface area contributed by atoms with Crippen LogP contribution >= 0.6 is 0 Å². The number of aldehydes is 1. The van der Waals surface area contributed by atoms with Crippen molar-refractivity contribution in [3.8, 4) is 0 Å². The third-order valence-corrected chi connectivity index (χ3v) is 3.94. The molecule has 170 valence electrons. The van der Waals surface area contributed by atoms with Gasteiger partial charge in [-0.05, 0) is 0 Å². The average molecular weight is 430 g/mol. The molecule has 0 aliphatic heterocycles. The van der Waals surface area contributed by atoms with Gasteiger partial charge in [-0.3, -0.25) is 9.59 Å². The maximum Gasteiger partial charge on any atom is 0.375 e. The topological polar surface area (TPSA) is 263 Å². The number of ether oxygens (including phenoxy) is 1. The monoisotopic (exact) mass is 430 g/mol. The summed E-state index contributed by atoms with van der Waals surface area (Å²) in [6.07, 6.45) is -20.3. The van der Waals surface area contributed by atoms with Crippen LogP contribution in [0.5, 0.6) is 0 Å². The second-order valence-electron chi connectivity index (χ2n) is 6.15. The Hall–Kier alpha value is -1.59. The van der Waals surface area contributed by atoms with Gasteiger partial charge in [0.15, 0.2) is 12.4 Å². The maximum absolute atomic E-state index is 11.7. The van der Waals surface area contributed by atoms with Gasteiger partial charge < -0.3 is 55.8 Å². The summed E-state index contributed by atoms with van der Waals surface area (Å²) in [6, 6.07) is 0. The van der Waals surface area contributed by atoms with E-state index in [1.54, 1.807) is 0 Å². The zero-order valence-corrected chi connectivity index (χ0v) is 15.0. The molecule has 14 nitrogen and oxygen atoms in total. The Morgan fingerprint density at radius 2 is 1.10 bits per heavy atom. The third-order valence-electron chi connectivity index (χ3n) is 3.94. The van der Waals surface area contributed by atoms with E-state index in [0.29, 0.717) is 0 Å². The van der Waals surface area contributed by atoms with E-state index < -0.39 is 86.3 Å². The Bertz CT molecular complexity index is 527. The van der Waals surface area contributed by atoms with Crippen molar-refractivity contribution in [2.45, 2.75) is 61.4 Å². The minimum Gasteiger partial charge on any atom is -0.446 e. The molecule has 10 N–H and O–H groups in total. The van der Waals surface area contributed by atoms with Gasteiger partial charge in [0.2, 0.25) is 5.78 Å². The SMILES string of the molecule is O=CC(OC(=O)C(=O)C[C@@H](O)[C@@H](O)[C@H](O)[C@H](O)CO)C(O)C(O)C(O)C(O)CO. The van der Waals surface area contributed by atoms with Gasteiger partial charge in [-0.25, -0.2) is 4.79 Å². The summed E-state index contributed by atoms with van der Waals surface area (Å²) in [5, 5.41) is 93.2. The van der Waals surface area contributed by atoms with Gasteiger partial charge in [-0.15, -0.1) is 0 Å². The summed E-state index contributed by atoms with van der Waals surface area (Å²) < 4.78 is 4.35. The van der Waals surface area contributed by atoms with Gasteiger partial charge in [-0.2, -0.15) is 0 Å². The molecule has 0 rings (SSSR count). The van der Waals surface area contributed by atoms with Gasteiger partial charge in [0.25, 0.3) is 0 Å². The smallest absolute Gasteiger partial charge is 0.375 e. The van der Waals surface area contributed by atoms with Crippen LogP contribution in [0.2, 0.25) is 0 Å². The van der Waals surface area contributed by atoms with Crippen molar-refractivity contribution in [3.05, 3.63) is 0 Å². The first-order valence-corrected chi connectivity index (χ1v) is 8.28. The van der Waals surface area contributed by atoms with E-state index in [9.17, 15) is 50.1 Å². The fraction of sp³-hybridized carbons (Fsp3) is 0.800. The summed E-state index contributed by atoms with van der Waals surface area (Å²) in [6.45, 7) is -1.98. The van der Waals surface area contributed by atoms with E-state index >= 15 is 0 Å². The molecule has 0 bridgehead atoms. The summed E-state index contributed by atoms with van der Waals surface area (Å²) >= 11 is 0. The number of rotatable bonds is 14. The molecule has 0 aromatic carbocycles. The fourth-order valence-corrected chi connectivity index (χ4v) is 2.06. The standard InChI is InChI=1S/C15H26O14/c16-2-7(21)11(24)10(23)5(19)1-6(20)15(28)29-9(4-18)13(26)14(27)12(25)8(22)3-17/h4-5,7-14,16-17,19,21-27H,1-3H2/t5-,7-,8?,9?,10-,11-,12?,13?,14?/m1/s1. The summed E-state index contributed by atoms with van der Waals surface area (Å²) in [7, 11) is 0. The molecule has 29 heavy (non-hydrogen) atoms. The number of hydrogen-bond acceptors (Lipinski definition) is 14. The number of aliphatic hydroxyl groups excluding tert-OH is 10. The number of Topliss-reactive ketones (excluding diaryl/α,β-unsaturated/α-hetero) is 1. The highest BCUT2D eigenvalue weighted by atomic mass is 16.6. The van der Waals surface area contributed by atoms with Crippen molar-refractivity contribution < 1.29 is 70.2 Å². The van der Waals surface area contributed by atoms with Crippen LogP contribution in [0.15, 0.2) is 0 Å².